The summed E-state index contributed by atoms with van der Waals surface area (Å²) >= 11 is 0. The number of benzene rings is 1. The summed E-state index contributed by atoms with van der Waals surface area (Å²) in [5.74, 6) is -0.213. The zero-order valence-corrected chi connectivity index (χ0v) is 14.0. The van der Waals surface area contributed by atoms with Crippen LogP contribution in [0, 0.1) is 11.7 Å². The van der Waals surface area contributed by atoms with Crippen molar-refractivity contribution in [3.8, 4) is 0 Å². The molecule has 0 heterocycles. The fourth-order valence-corrected chi connectivity index (χ4v) is 3.81. The molecule has 2 N–H and O–H groups in total. The first-order valence-corrected chi connectivity index (χ1v) is 9.11. The lowest BCUT2D eigenvalue weighted by molar-refractivity contribution is 0.114. The summed E-state index contributed by atoms with van der Waals surface area (Å²) < 4.78 is 25.5. The van der Waals surface area contributed by atoms with Gasteiger partial charge in [0.1, 0.15) is 5.82 Å². The Bertz CT molecular complexity index is 570. The number of halogens is 1. The molecule has 23 heavy (non-hydrogen) atoms. The molecule has 0 spiro atoms. The van der Waals surface area contributed by atoms with Crippen molar-refractivity contribution in [2.45, 2.75) is 30.3 Å². The number of hydrogen-bond acceptors (Lipinski definition) is 3. The molecule has 0 aromatic heterocycles. The third-order valence-corrected chi connectivity index (χ3v) is 5.52. The van der Waals surface area contributed by atoms with Gasteiger partial charge in [-0.3, -0.25) is 4.21 Å². The van der Waals surface area contributed by atoms with E-state index in [0.717, 1.165) is 19.3 Å². The number of aliphatic hydroxyl groups is 1. The molecule has 0 radical (unpaired) electrons. The molecule has 128 valence electrons. The highest BCUT2D eigenvalue weighted by atomic mass is 32.2. The van der Waals surface area contributed by atoms with Crippen molar-refractivity contribution in [2.75, 3.05) is 25.9 Å². The van der Waals surface area contributed by atoms with Crippen LogP contribution >= 0.6 is 0 Å². The maximum absolute atomic E-state index is 13.5. The van der Waals surface area contributed by atoms with Crippen molar-refractivity contribution in [1.29, 1.82) is 0 Å². The largest absolute Gasteiger partial charge is 0.393 e. The van der Waals surface area contributed by atoms with Gasteiger partial charge in [0.05, 0.1) is 21.8 Å². The predicted octanol–water partition coefficient (Wildman–Crippen LogP) is 1.74. The number of amides is 2. The van der Waals surface area contributed by atoms with Crippen LogP contribution in [0.4, 0.5) is 9.18 Å². The molecule has 1 aromatic rings. The standard InChI is InChI=1S/C16H23FN2O3S/c1-19(11-12-5-4-7-14(12)20)16(21)18-9-10-23(22)15-8-3-2-6-13(15)17/h2-3,6,8,12,14,20H,4-5,7,9-11H2,1H3,(H,18,21)/t12-,14-,23+/m0/s1. The Morgan fingerprint density at radius 2 is 2.17 bits per heavy atom. The summed E-state index contributed by atoms with van der Waals surface area (Å²) in [5.41, 5.74) is 0. The van der Waals surface area contributed by atoms with E-state index in [0.29, 0.717) is 6.54 Å². The highest BCUT2D eigenvalue weighted by Gasteiger charge is 2.27. The van der Waals surface area contributed by atoms with E-state index in [1.165, 1.54) is 17.0 Å². The number of urea groups is 1. The van der Waals surface area contributed by atoms with Crippen LogP contribution in [0.3, 0.4) is 0 Å². The molecule has 7 heteroatoms. The maximum Gasteiger partial charge on any atom is 0.317 e. The van der Waals surface area contributed by atoms with E-state index in [1.807, 2.05) is 0 Å². The molecule has 0 saturated heterocycles. The summed E-state index contributed by atoms with van der Waals surface area (Å²) in [6.07, 6.45) is 2.37. The van der Waals surface area contributed by atoms with E-state index in [1.54, 1.807) is 19.2 Å². The molecule has 3 atom stereocenters. The van der Waals surface area contributed by atoms with Crippen LogP contribution in [0.1, 0.15) is 19.3 Å². The van der Waals surface area contributed by atoms with E-state index in [9.17, 15) is 18.5 Å². The second-order valence-corrected chi connectivity index (χ2v) is 7.39. The van der Waals surface area contributed by atoms with E-state index in [2.05, 4.69) is 5.32 Å². The summed E-state index contributed by atoms with van der Waals surface area (Å²) in [4.78, 5) is 13.7. The molecule has 1 saturated carbocycles. The van der Waals surface area contributed by atoms with Gasteiger partial charge < -0.3 is 15.3 Å². The molecule has 0 bridgehead atoms. The second kappa shape index (κ2) is 8.40. The Hall–Kier alpha value is -1.47. The Balaban J connectivity index is 1.74. The smallest absolute Gasteiger partial charge is 0.317 e. The summed E-state index contributed by atoms with van der Waals surface area (Å²) in [7, 11) is 0.192. The van der Waals surface area contributed by atoms with Gasteiger partial charge in [0.15, 0.2) is 0 Å². The molecule has 1 aliphatic carbocycles. The number of carbonyl (C=O) groups is 1. The van der Waals surface area contributed by atoms with E-state index in [4.69, 9.17) is 0 Å². The molecule has 1 aliphatic rings. The number of hydrogen-bond donors (Lipinski definition) is 2. The third-order valence-electron chi connectivity index (χ3n) is 4.12. The number of nitrogens with zero attached hydrogens (tertiary/aromatic N) is 1. The van der Waals surface area contributed by atoms with Gasteiger partial charge in [0.25, 0.3) is 0 Å². The number of aliphatic hydroxyl groups excluding tert-OH is 1. The number of rotatable bonds is 6. The van der Waals surface area contributed by atoms with Crippen molar-refractivity contribution in [3.63, 3.8) is 0 Å². The Morgan fingerprint density at radius 3 is 2.83 bits per heavy atom. The van der Waals surface area contributed by atoms with Gasteiger partial charge in [-0.15, -0.1) is 0 Å². The predicted molar refractivity (Wildman–Crippen MR) is 87.1 cm³/mol. The highest BCUT2D eigenvalue weighted by molar-refractivity contribution is 7.85. The Morgan fingerprint density at radius 1 is 1.43 bits per heavy atom. The quantitative estimate of drug-likeness (QED) is 0.827. The van der Waals surface area contributed by atoms with Gasteiger partial charge in [0.2, 0.25) is 0 Å². The van der Waals surface area contributed by atoms with Crippen molar-refractivity contribution in [3.05, 3.63) is 30.1 Å². The summed E-state index contributed by atoms with van der Waals surface area (Å²) in [6.45, 7) is 0.709. The van der Waals surface area contributed by atoms with Crippen LogP contribution in [-0.2, 0) is 10.8 Å². The van der Waals surface area contributed by atoms with Gasteiger partial charge in [-0.2, -0.15) is 0 Å². The van der Waals surface area contributed by atoms with Crippen LogP contribution < -0.4 is 5.32 Å². The molecular weight excluding hydrogens is 319 g/mol. The number of carbonyl (C=O) groups excluding carboxylic acids is 1. The Kier molecular flexibility index (Phi) is 6.53. The van der Waals surface area contributed by atoms with Crippen molar-refractivity contribution < 1.29 is 18.5 Å². The maximum atomic E-state index is 13.5. The highest BCUT2D eigenvalue weighted by Crippen LogP contribution is 2.25. The molecular formula is C16H23FN2O3S. The van der Waals surface area contributed by atoms with E-state index in [-0.39, 0.29) is 35.2 Å². The first-order valence-electron chi connectivity index (χ1n) is 7.79. The van der Waals surface area contributed by atoms with Crippen molar-refractivity contribution in [1.82, 2.24) is 10.2 Å². The first-order chi connectivity index (χ1) is 11.0. The number of nitrogens with one attached hydrogen (secondary N) is 1. The van der Waals surface area contributed by atoms with Gasteiger partial charge in [-0.05, 0) is 25.0 Å². The van der Waals surface area contributed by atoms with E-state index < -0.39 is 16.6 Å². The Labute approximate surface area is 138 Å². The topological polar surface area (TPSA) is 69.6 Å². The SMILES string of the molecule is CN(C[C@@H]1CCC[C@@H]1O)C(=O)NCC[S@@](=O)c1ccccc1F. The average Bonchev–Trinajstić information content (AvgIpc) is 2.92. The fourth-order valence-electron chi connectivity index (χ4n) is 2.79. The average molecular weight is 342 g/mol. The molecule has 0 unspecified atom stereocenters. The van der Waals surface area contributed by atoms with Crippen LogP contribution in [0.25, 0.3) is 0 Å². The van der Waals surface area contributed by atoms with Gasteiger partial charge in [0, 0.05) is 31.8 Å². The summed E-state index contributed by atoms with van der Waals surface area (Å²) in [5, 5.41) is 12.5. The van der Waals surface area contributed by atoms with E-state index >= 15 is 0 Å². The monoisotopic (exact) mass is 342 g/mol. The minimum atomic E-state index is -1.48. The lowest BCUT2D eigenvalue weighted by Gasteiger charge is -2.23. The van der Waals surface area contributed by atoms with Crippen LogP contribution in [-0.4, -0.2) is 52.2 Å². The zero-order valence-electron chi connectivity index (χ0n) is 13.2. The third kappa shape index (κ3) is 5.00. The van der Waals surface area contributed by atoms with Crippen LogP contribution in [0.2, 0.25) is 0 Å². The van der Waals surface area contributed by atoms with Crippen molar-refractivity contribution >= 4 is 16.8 Å². The zero-order chi connectivity index (χ0) is 16.8. The molecule has 2 amide bonds. The summed E-state index contributed by atoms with van der Waals surface area (Å²) in [6, 6.07) is 5.67. The lowest BCUT2D eigenvalue weighted by Crippen LogP contribution is -2.42. The molecule has 1 aromatic carbocycles. The van der Waals surface area contributed by atoms with Gasteiger partial charge >= 0.3 is 6.03 Å². The van der Waals surface area contributed by atoms with Gasteiger partial charge in [-0.25, -0.2) is 9.18 Å². The minimum Gasteiger partial charge on any atom is -0.393 e. The van der Waals surface area contributed by atoms with Crippen LogP contribution in [0.15, 0.2) is 29.2 Å². The fraction of sp³-hybridized carbons (Fsp3) is 0.562. The lowest BCUT2D eigenvalue weighted by atomic mass is 10.1. The normalized spacial score (nSPS) is 21.9. The molecule has 0 aliphatic heterocycles. The molecule has 2 rings (SSSR count). The van der Waals surface area contributed by atoms with Crippen molar-refractivity contribution in [2.24, 2.45) is 5.92 Å². The molecule has 1 fully saturated rings. The van der Waals surface area contributed by atoms with Gasteiger partial charge in [-0.1, -0.05) is 18.6 Å². The second-order valence-electron chi connectivity index (χ2n) is 5.85. The first kappa shape index (κ1) is 17.9. The van der Waals surface area contributed by atoms with Crippen LogP contribution in [0.5, 0.6) is 0 Å². The minimum absolute atomic E-state index is 0.123. The molecule has 5 nitrogen and oxygen atoms in total.